The van der Waals surface area contributed by atoms with Gasteiger partial charge in [0.25, 0.3) is 0 Å². The molecule has 0 aliphatic heterocycles. The molecule has 1 aromatic heterocycles. The van der Waals surface area contributed by atoms with Crippen LogP contribution in [-0.2, 0) is 28.9 Å². The van der Waals surface area contributed by atoms with Gasteiger partial charge in [-0.1, -0.05) is 18.6 Å². The lowest BCUT2D eigenvalue weighted by Crippen LogP contribution is -2.15. The lowest BCUT2D eigenvalue weighted by atomic mass is 10.1. The standard InChI is InChI=1S/C12H22N4O2/c1-3-6-11-10(9-12(13)17)14-15-16(11)7-4-5-8-18-2/h3-9H2,1-2H3,(H2,13,17). The third-order valence-electron chi connectivity index (χ3n) is 2.71. The van der Waals surface area contributed by atoms with E-state index >= 15 is 0 Å². The van der Waals surface area contributed by atoms with Gasteiger partial charge in [0.05, 0.1) is 17.8 Å². The second kappa shape index (κ2) is 7.81. The summed E-state index contributed by atoms with van der Waals surface area (Å²) in [6.07, 6.45) is 4.03. The summed E-state index contributed by atoms with van der Waals surface area (Å²) in [4.78, 5) is 11.0. The summed E-state index contributed by atoms with van der Waals surface area (Å²) in [5, 5.41) is 8.16. The van der Waals surface area contributed by atoms with E-state index in [4.69, 9.17) is 10.5 Å². The summed E-state index contributed by atoms with van der Waals surface area (Å²) in [5.74, 6) is -0.362. The zero-order valence-electron chi connectivity index (χ0n) is 11.2. The highest BCUT2D eigenvalue weighted by Crippen LogP contribution is 2.10. The number of rotatable bonds is 9. The monoisotopic (exact) mass is 254 g/mol. The van der Waals surface area contributed by atoms with E-state index in [1.54, 1.807) is 7.11 Å². The molecule has 6 nitrogen and oxygen atoms in total. The fraction of sp³-hybridized carbons (Fsp3) is 0.750. The summed E-state index contributed by atoms with van der Waals surface area (Å²) in [7, 11) is 1.70. The minimum atomic E-state index is -0.362. The average Bonchev–Trinajstić information content (AvgIpc) is 2.68. The van der Waals surface area contributed by atoms with Gasteiger partial charge in [-0.25, -0.2) is 4.68 Å². The summed E-state index contributed by atoms with van der Waals surface area (Å²) in [6.45, 7) is 3.66. The first-order valence-electron chi connectivity index (χ1n) is 6.37. The van der Waals surface area contributed by atoms with Crippen molar-refractivity contribution < 1.29 is 9.53 Å². The van der Waals surface area contributed by atoms with E-state index < -0.39 is 0 Å². The Kier molecular flexibility index (Phi) is 6.35. The third kappa shape index (κ3) is 4.44. The van der Waals surface area contributed by atoms with Crippen molar-refractivity contribution in [2.24, 2.45) is 5.73 Å². The van der Waals surface area contributed by atoms with E-state index in [1.807, 2.05) is 4.68 Å². The number of nitrogens with zero attached hydrogens (tertiary/aromatic N) is 3. The summed E-state index contributed by atoms with van der Waals surface area (Å²) < 4.78 is 6.90. The molecule has 0 aliphatic carbocycles. The molecule has 1 heterocycles. The van der Waals surface area contributed by atoms with Crippen LogP contribution in [0.5, 0.6) is 0 Å². The quantitative estimate of drug-likeness (QED) is 0.657. The van der Waals surface area contributed by atoms with E-state index in [9.17, 15) is 4.79 Å². The number of unbranched alkanes of at least 4 members (excludes halogenated alkanes) is 1. The SMILES string of the molecule is CCCc1c(CC(N)=O)nnn1CCCCOC. The number of carbonyl (C=O) groups is 1. The Morgan fingerprint density at radius 2 is 2.22 bits per heavy atom. The number of methoxy groups -OCH3 is 1. The second-order valence-corrected chi connectivity index (χ2v) is 4.30. The minimum absolute atomic E-state index is 0.174. The molecule has 1 aromatic rings. The Hall–Kier alpha value is -1.43. The number of primary amides is 1. The molecule has 6 heteroatoms. The summed E-state index contributed by atoms with van der Waals surface area (Å²) in [5.41, 5.74) is 6.96. The maximum absolute atomic E-state index is 11.0. The van der Waals surface area contributed by atoms with Crippen LogP contribution in [0.2, 0.25) is 0 Å². The van der Waals surface area contributed by atoms with Crippen LogP contribution in [0.1, 0.15) is 37.6 Å². The topological polar surface area (TPSA) is 83.0 Å². The smallest absolute Gasteiger partial charge is 0.223 e. The Morgan fingerprint density at radius 3 is 2.83 bits per heavy atom. The highest BCUT2D eigenvalue weighted by molar-refractivity contribution is 5.76. The zero-order valence-corrected chi connectivity index (χ0v) is 11.2. The Morgan fingerprint density at radius 1 is 1.44 bits per heavy atom. The van der Waals surface area contributed by atoms with Gasteiger partial charge in [0.2, 0.25) is 5.91 Å². The number of nitrogens with two attached hydrogens (primary N) is 1. The Labute approximate surface area is 107 Å². The third-order valence-corrected chi connectivity index (χ3v) is 2.71. The molecule has 0 bridgehead atoms. The van der Waals surface area contributed by atoms with Crippen molar-refractivity contribution in [1.29, 1.82) is 0 Å². The number of hydrogen-bond acceptors (Lipinski definition) is 4. The van der Waals surface area contributed by atoms with Gasteiger partial charge >= 0.3 is 0 Å². The van der Waals surface area contributed by atoms with Crippen molar-refractivity contribution in [2.45, 2.75) is 45.6 Å². The molecule has 0 unspecified atom stereocenters. The van der Waals surface area contributed by atoms with Gasteiger partial charge in [0.1, 0.15) is 0 Å². The van der Waals surface area contributed by atoms with Gasteiger partial charge in [-0.05, 0) is 19.3 Å². The molecule has 0 atom stereocenters. The predicted octanol–water partition coefficient (Wildman–Crippen LogP) is 0.685. The molecule has 0 spiro atoms. The molecule has 0 fully saturated rings. The Bertz CT molecular complexity index is 376. The molecular formula is C12H22N4O2. The maximum Gasteiger partial charge on any atom is 0.223 e. The first-order chi connectivity index (χ1) is 8.69. The van der Waals surface area contributed by atoms with Crippen molar-refractivity contribution in [3.8, 4) is 0 Å². The van der Waals surface area contributed by atoms with Crippen LogP contribution in [0.4, 0.5) is 0 Å². The van der Waals surface area contributed by atoms with Gasteiger partial charge in [-0.3, -0.25) is 4.79 Å². The van der Waals surface area contributed by atoms with E-state index in [-0.39, 0.29) is 12.3 Å². The fourth-order valence-electron chi connectivity index (χ4n) is 1.87. The number of aromatic nitrogens is 3. The molecule has 1 rings (SSSR count). The number of carbonyl (C=O) groups excluding carboxylic acids is 1. The van der Waals surface area contributed by atoms with Gasteiger partial charge in [0.15, 0.2) is 0 Å². The van der Waals surface area contributed by atoms with Crippen molar-refractivity contribution in [1.82, 2.24) is 15.0 Å². The van der Waals surface area contributed by atoms with E-state index in [0.717, 1.165) is 50.2 Å². The molecule has 0 aliphatic rings. The molecular weight excluding hydrogens is 232 g/mol. The van der Waals surface area contributed by atoms with E-state index in [1.165, 1.54) is 0 Å². The van der Waals surface area contributed by atoms with Gasteiger partial charge in [0, 0.05) is 20.3 Å². The number of aryl methyl sites for hydroxylation is 1. The summed E-state index contributed by atoms with van der Waals surface area (Å²) >= 11 is 0. The van der Waals surface area contributed by atoms with Crippen molar-refractivity contribution >= 4 is 5.91 Å². The molecule has 18 heavy (non-hydrogen) atoms. The molecule has 0 saturated carbocycles. The van der Waals surface area contributed by atoms with Crippen LogP contribution in [0.3, 0.4) is 0 Å². The second-order valence-electron chi connectivity index (χ2n) is 4.30. The highest BCUT2D eigenvalue weighted by atomic mass is 16.5. The Balaban J connectivity index is 2.65. The molecule has 1 amide bonds. The van der Waals surface area contributed by atoms with Crippen LogP contribution >= 0.6 is 0 Å². The van der Waals surface area contributed by atoms with Crippen LogP contribution in [0.25, 0.3) is 0 Å². The molecule has 102 valence electrons. The van der Waals surface area contributed by atoms with E-state index in [2.05, 4.69) is 17.2 Å². The lowest BCUT2D eigenvalue weighted by Gasteiger charge is -2.06. The average molecular weight is 254 g/mol. The first kappa shape index (κ1) is 14.6. The van der Waals surface area contributed by atoms with Gasteiger partial charge in [-0.15, -0.1) is 5.10 Å². The number of hydrogen-bond donors (Lipinski definition) is 1. The number of amides is 1. The first-order valence-corrected chi connectivity index (χ1v) is 6.37. The van der Waals surface area contributed by atoms with Crippen LogP contribution in [0.15, 0.2) is 0 Å². The van der Waals surface area contributed by atoms with Crippen LogP contribution in [0, 0.1) is 0 Å². The van der Waals surface area contributed by atoms with E-state index in [0.29, 0.717) is 0 Å². The lowest BCUT2D eigenvalue weighted by molar-refractivity contribution is -0.117. The van der Waals surface area contributed by atoms with Gasteiger partial charge < -0.3 is 10.5 Å². The van der Waals surface area contributed by atoms with Crippen molar-refractivity contribution in [2.75, 3.05) is 13.7 Å². The number of ether oxygens (including phenoxy) is 1. The van der Waals surface area contributed by atoms with Gasteiger partial charge in [-0.2, -0.15) is 0 Å². The zero-order chi connectivity index (χ0) is 13.4. The molecule has 0 saturated heterocycles. The maximum atomic E-state index is 11.0. The van der Waals surface area contributed by atoms with Crippen LogP contribution in [-0.4, -0.2) is 34.6 Å². The highest BCUT2D eigenvalue weighted by Gasteiger charge is 2.13. The molecule has 2 N–H and O–H groups in total. The van der Waals surface area contributed by atoms with Crippen LogP contribution < -0.4 is 5.73 Å². The molecule has 0 aromatic carbocycles. The summed E-state index contributed by atoms with van der Waals surface area (Å²) in [6, 6.07) is 0. The molecule has 0 radical (unpaired) electrons. The van der Waals surface area contributed by atoms with Crippen molar-refractivity contribution in [3.05, 3.63) is 11.4 Å². The largest absolute Gasteiger partial charge is 0.385 e. The predicted molar refractivity (Wildman–Crippen MR) is 68.0 cm³/mol. The van der Waals surface area contributed by atoms with Crippen molar-refractivity contribution in [3.63, 3.8) is 0 Å². The fourth-order valence-corrected chi connectivity index (χ4v) is 1.87. The minimum Gasteiger partial charge on any atom is -0.385 e. The normalized spacial score (nSPS) is 10.8.